The van der Waals surface area contributed by atoms with E-state index in [1.807, 2.05) is 25.7 Å². The van der Waals surface area contributed by atoms with Gasteiger partial charge in [-0.05, 0) is 109 Å². The lowest BCUT2D eigenvalue weighted by atomic mass is 9.87. The Balaban J connectivity index is 1.21. The van der Waals surface area contributed by atoms with Crippen LogP contribution in [0.4, 0.5) is 15.3 Å². The van der Waals surface area contributed by atoms with Gasteiger partial charge in [0.2, 0.25) is 11.8 Å². The summed E-state index contributed by atoms with van der Waals surface area (Å²) in [6.45, 7) is 18.1. The molecule has 2 aromatic heterocycles. The van der Waals surface area contributed by atoms with Crippen molar-refractivity contribution in [2.75, 3.05) is 38.8 Å². The number of alkyl carbamates (subject to hydrolysis) is 2. The number of anilines is 1. The molecule has 2 fully saturated rings. The van der Waals surface area contributed by atoms with Crippen molar-refractivity contribution in [3.63, 3.8) is 0 Å². The van der Waals surface area contributed by atoms with Crippen LogP contribution < -0.4 is 15.5 Å². The van der Waals surface area contributed by atoms with Crippen molar-refractivity contribution in [3.8, 4) is 0 Å². The highest BCUT2D eigenvalue weighted by Crippen LogP contribution is 2.49. The summed E-state index contributed by atoms with van der Waals surface area (Å²) in [6, 6.07) is 16.8. The van der Waals surface area contributed by atoms with Crippen LogP contribution in [0.5, 0.6) is 0 Å². The van der Waals surface area contributed by atoms with Gasteiger partial charge in [0.1, 0.15) is 24.2 Å². The van der Waals surface area contributed by atoms with E-state index < -0.39 is 18.2 Å². The minimum Gasteiger partial charge on any atom is -0.453 e. The van der Waals surface area contributed by atoms with E-state index in [0.29, 0.717) is 18.9 Å². The molecule has 2 aliphatic rings. The molecule has 3 aromatic carbocycles. The number of aromatic amines is 2. The number of nitrogens with zero attached hydrogens (tertiary/aromatic N) is 5. The first kappa shape index (κ1) is 45.9. The molecule has 1 unspecified atom stereocenters. The lowest BCUT2D eigenvalue weighted by molar-refractivity contribution is -0.135. The number of H-pyrrole nitrogens is 2. The van der Waals surface area contributed by atoms with E-state index in [-0.39, 0.29) is 54.4 Å². The van der Waals surface area contributed by atoms with Gasteiger partial charge in [0.05, 0.1) is 61.0 Å². The van der Waals surface area contributed by atoms with Gasteiger partial charge in [0, 0.05) is 18.8 Å². The smallest absolute Gasteiger partial charge is 0.407 e. The van der Waals surface area contributed by atoms with Crippen molar-refractivity contribution in [1.29, 1.82) is 0 Å². The minimum atomic E-state index is -0.709. The van der Waals surface area contributed by atoms with Crippen LogP contribution in [0.2, 0.25) is 0 Å². The molecule has 15 heteroatoms. The number of methoxy groups -OCH3 is 2. The fraction of sp³-hybridized carbons (Fsp3) is 0.510. The maximum Gasteiger partial charge on any atom is 0.407 e. The summed E-state index contributed by atoms with van der Waals surface area (Å²) in [5.74, 6) is 0.961. The van der Waals surface area contributed by atoms with E-state index in [1.165, 1.54) is 30.9 Å². The van der Waals surface area contributed by atoms with Crippen LogP contribution in [0.25, 0.3) is 22.1 Å². The first-order valence-corrected chi connectivity index (χ1v) is 22.6. The molecular formula is C49H65N9O6. The SMILES string of the molecule is CCCN(Cc1nc2c(C)c([C@H]3CC[C@H](c4ccc5[nH]c([C@@H]6CCCN6C(=O)C(NC(=O)OC)C(C)C)nc5c4C)N3c3ccc(C(C)(C)C)cc3)ccc2[nH]1)C(=O)CNC(=O)OC. The van der Waals surface area contributed by atoms with Crippen LogP contribution in [0.1, 0.15) is 131 Å². The second-order valence-corrected chi connectivity index (χ2v) is 18.7. The highest BCUT2D eigenvalue weighted by molar-refractivity contribution is 5.87. The van der Waals surface area contributed by atoms with Gasteiger partial charge in [-0.25, -0.2) is 19.6 Å². The topological polar surface area (TPSA) is 178 Å². The molecule has 342 valence electrons. The van der Waals surface area contributed by atoms with Crippen LogP contribution >= 0.6 is 0 Å². The van der Waals surface area contributed by atoms with Gasteiger partial charge in [-0.2, -0.15) is 0 Å². The fourth-order valence-electron chi connectivity index (χ4n) is 9.66. The molecule has 64 heavy (non-hydrogen) atoms. The molecule has 0 aliphatic carbocycles. The lowest BCUT2D eigenvalue weighted by Gasteiger charge is -2.35. The van der Waals surface area contributed by atoms with Gasteiger partial charge < -0.3 is 44.8 Å². The van der Waals surface area contributed by atoms with Crippen LogP contribution in [0.15, 0.2) is 48.5 Å². The number of aryl methyl sites for hydroxylation is 2. The maximum absolute atomic E-state index is 13.9. The Hall–Kier alpha value is -6.12. The molecule has 2 saturated heterocycles. The fourth-order valence-corrected chi connectivity index (χ4v) is 9.66. The van der Waals surface area contributed by atoms with E-state index in [9.17, 15) is 19.2 Å². The molecule has 0 spiro atoms. The Morgan fingerprint density at radius 3 is 2.02 bits per heavy atom. The highest BCUT2D eigenvalue weighted by atomic mass is 16.5. The number of likely N-dealkylation sites (tertiary alicyclic amines) is 1. The van der Waals surface area contributed by atoms with E-state index in [4.69, 9.17) is 14.7 Å². The number of ether oxygens (including phenoxy) is 2. The van der Waals surface area contributed by atoms with Crippen LogP contribution in [0, 0.1) is 19.8 Å². The number of carbonyl (C=O) groups is 4. The van der Waals surface area contributed by atoms with Crippen LogP contribution in [-0.4, -0.2) is 93.6 Å². The van der Waals surface area contributed by atoms with Crippen LogP contribution in [-0.2, 0) is 31.0 Å². The van der Waals surface area contributed by atoms with Gasteiger partial charge >= 0.3 is 12.2 Å². The van der Waals surface area contributed by atoms with Crippen molar-refractivity contribution in [2.24, 2.45) is 5.92 Å². The summed E-state index contributed by atoms with van der Waals surface area (Å²) >= 11 is 0. The Bertz CT molecular complexity index is 2500. The van der Waals surface area contributed by atoms with Crippen molar-refractivity contribution in [1.82, 2.24) is 40.4 Å². The summed E-state index contributed by atoms with van der Waals surface area (Å²) in [5, 5.41) is 5.25. The number of hydrogen-bond acceptors (Lipinski definition) is 9. The number of nitrogens with one attached hydrogen (secondary N) is 4. The second kappa shape index (κ2) is 18.9. The van der Waals surface area contributed by atoms with Crippen molar-refractivity contribution in [3.05, 3.63) is 88.0 Å². The van der Waals surface area contributed by atoms with Gasteiger partial charge in [0.25, 0.3) is 0 Å². The third-order valence-corrected chi connectivity index (χ3v) is 13.1. The van der Waals surface area contributed by atoms with E-state index in [2.05, 4.69) is 113 Å². The summed E-state index contributed by atoms with van der Waals surface area (Å²) in [7, 11) is 2.57. The standard InChI is InChI=1S/C49H65N9O6/c1-11-24-56(41(59)26-50-47(61)63-9)27-40-51-35-20-18-33(29(4)43(35)53-40)37-22-23-38(58(37)32-16-14-31(15-17-32)49(6,7)8)34-19-21-36-44(30(34)5)54-45(52-36)39-13-12-25-57(39)46(60)42(28(2)3)55-48(62)64-10/h14-21,28,37-39,42H,11-13,22-27H2,1-10H3,(H,50,61)(H,51,53)(H,52,54)(H,55,62)/t37-,38-,39+,42?/m1/s1. The number of hydrogen-bond donors (Lipinski definition) is 4. The van der Waals surface area contributed by atoms with E-state index in [1.54, 1.807) is 4.90 Å². The summed E-state index contributed by atoms with van der Waals surface area (Å²) in [6.07, 6.45) is 2.93. The first-order chi connectivity index (χ1) is 30.5. The Morgan fingerprint density at radius 2 is 1.44 bits per heavy atom. The van der Waals surface area contributed by atoms with Gasteiger partial charge in [0.15, 0.2) is 0 Å². The Morgan fingerprint density at radius 1 is 0.828 bits per heavy atom. The molecule has 0 bridgehead atoms. The molecule has 2 aliphatic heterocycles. The average Bonchev–Trinajstić information content (AvgIpc) is 4.10. The molecule has 0 radical (unpaired) electrons. The molecule has 15 nitrogen and oxygen atoms in total. The number of fused-ring (bicyclic) bond motifs is 2. The highest BCUT2D eigenvalue weighted by Gasteiger charge is 2.40. The predicted molar refractivity (Wildman–Crippen MR) is 248 cm³/mol. The largest absolute Gasteiger partial charge is 0.453 e. The average molecular weight is 876 g/mol. The third kappa shape index (κ3) is 9.25. The Labute approximate surface area is 376 Å². The maximum atomic E-state index is 13.9. The zero-order valence-electron chi connectivity index (χ0n) is 39.1. The Kier molecular flexibility index (Phi) is 13.6. The number of rotatable bonds is 13. The van der Waals surface area contributed by atoms with Crippen LogP contribution in [0.3, 0.4) is 0 Å². The number of aromatic nitrogens is 4. The molecule has 4 atom stereocenters. The number of imidazole rings is 2. The van der Waals surface area contributed by atoms with E-state index in [0.717, 1.165) is 76.8 Å². The first-order valence-electron chi connectivity index (χ1n) is 22.6. The molecule has 4 N–H and O–H groups in total. The van der Waals surface area contributed by atoms with Crippen molar-refractivity contribution < 1.29 is 28.7 Å². The minimum absolute atomic E-state index is 0.00314. The molecule has 0 saturated carbocycles. The normalized spacial score (nSPS) is 18.2. The quantitative estimate of drug-likeness (QED) is 0.0902. The number of carbonyl (C=O) groups excluding carboxylic acids is 4. The summed E-state index contributed by atoms with van der Waals surface area (Å²) in [5.41, 5.74) is 10.6. The zero-order chi connectivity index (χ0) is 46.0. The van der Waals surface area contributed by atoms with Gasteiger partial charge in [-0.3, -0.25) is 9.59 Å². The monoisotopic (exact) mass is 876 g/mol. The lowest BCUT2D eigenvalue weighted by Crippen LogP contribution is -2.51. The zero-order valence-corrected chi connectivity index (χ0v) is 39.1. The van der Waals surface area contributed by atoms with E-state index >= 15 is 0 Å². The third-order valence-electron chi connectivity index (χ3n) is 13.1. The number of benzene rings is 3. The summed E-state index contributed by atoms with van der Waals surface area (Å²) < 4.78 is 9.50. The predicted octanol–water partition coefficient (Wildman–Crippen LogP) is 8.58. The van der Waals surface area contributed by atoms with Gasteiger partial charge in [-0.15, -0.1) is 0 Å². The van der Waals surface area contributed by atoms with Crippen molar-refractivity contribution >= 4 is 51.8 Å². The summed E-state index contributed by atoms with van der Waals surface area (Å²) in [4.78, 5) is 74.4. The molecule has 4 heterocycles. The molecule has 4 amide bonds. The van der Waals surface area contributed by atoms with Gasteiger partial charge in [-0.1, -0.05) is 65.8 Å². The molecule has 7 rings (SSSR count). The molecule has 5 aromatic rings. The number of amides is 4. The second-order valence-electron chi connectivity index (χ2n) is 18.7. The van der Waals surface area contributed by atoms with Crippen molar-refractivity contribution in [2.45, 2.75) is 124 Å². The molecular weight excluding hydrogens is 811 g/mol.